The van der Waals surface area contributed by atoms with E-state index in [0.29, 0.717) is 23.7 Å². The second-order valence-corrected chi connectivity index (χ2v) is 5.66. The van der Waals surface area contributed by atoms with Gasteiger partial charge in [0.1, 0.15) is 0 Å². The van der Waals surface area contributed by atoms with Gasteiger partial charge in [-0.15, -0.1) is 0 Å². The Morgan fingerprint density at radius 2 is 1.95 bits per heavy atom. The van der Waals surface area contributed by atoms with Crippen molar-refractivity contribution in [1.29, 1.82) is 0 Å². The van der Waals surface area contributed by atoms with Crippen LogP contribution in [0.1, 0.15) is 22.8 Å². The van der Waals surface area contributed by atoms with Gasteiger partial charge in [0, 0.05) is 16.7 Å². The van der Waals surface area contributed by atoms with Gasteiger partial charge >= 0.3 is 5.97 Å². The second-order valence-electron chi connectivity index (χ2n) is 4.40. The molecule has 0 aliphatic carbocycles. The molecule has 1 N–H and O–H groups in total. The molecule has 0 atom stereocenters. The van der Waals surface area contributed by atoms with Gasteiger partial charge in [0.15, 0.2) is 0 Å². The van der Waals surface area contributed by atoms with Gasteiger partial charge in [0.2, 0.25) is 0 Å². The van der Waals surface area contributed by atoms with E-state index in [9.17, 15) is 4.79 Å². The predicted octanol–water partition coefficient (Wildman–Crippen LogP) is 4.89. The molecule has 0 saturated heterocycles. The van der Waals surface area contributed by atoms with Crippen molar-refractivity contribution in [3.63, 3.8) is 0 Å². The molecule has 0 aliphatic rings. The lowest BCUT2D eigenvalue weighted by Gasteiger charge is -2.08. The molecule has 0 fully saturated rings. The maximum absolute atomic E-state index is 11.5. The molecule has 0 aliphatic heterocycles. The molecular formula is C16H15BrClNO2. The first kappa shape index (κ1) is 15.9. The topological polar surface area (TPSA) is 38.3 Å². The average molecular weight is 369 g/mol. The maximum atomic E-state index is 11.5. The number of benzene rings is 2. The molecule has 110 valence electrons. The minimum absolute atomic E-state index is 0.302. The summed E-state index contributed by atoms with van der Waals surface area (Å²) >= 11 is 9.42. The van der Waals surface area contributed by atoms with Crippen molar-refractivity contribution >= 4 is 39.2 Å². The lowest BCUT2D eigenvalue weighted by atomic mass is 10.2. The molecule has 0 amide bonds. The monoisotopic (exact) mass is 367 g/mol. The molecule has 3 nitrogen and oxygen atoms in total. The SMILES string of the molecule is CCOC(=O)c1ccc(NCc2ccc(Br)c(Cl)c2)cc1. The Morgan fingerprint density at radius 3 is 2.57 bits per heavy atom. The lowest BCUT2D eigenvalue weighted by molar-refractivity contribution is 0.0526. The Kier molecular flexibility index (Phi) is 5.65. The molecule has 0 aromatic heterocycles. The zero-order chi connectivity index (χ0) is 15.2. The van der Waals surface area contributed by atoms with Crippen LogP contribution in [0.5, 0.6) is 0 Å². The summed E-state index contributed by atoms with van der Waals surface area (Å²) in [5.74, 6) is -0.302. The molecular weight excluding hydrogens is 354 g/mol. The van der Waals surface area contributed by atoms with Crippen molar-refractivity contribution in [1.82, 2.24) is 0 Å². The molecule has 5 heteroatoms. The van der Waals surface area contributed by atoms with Gasteiger partial charge in [-0.1, -0.05) is 17.7 Å². The standard InChI is InChI=1S/C16H15BrClNO2/c1-2-21-16(20)12-4-6-13(7-5-12)19-10-11-3-8-14(17)15(18)9-11/h3-9,19H,2,10H2,1H3. The van der Waals surface area contributed by atoms with Crippen LogP contribution in [0.15, 0.2) is 46.9 Å². The van der Waals surface area contributed by atoms with Crippen LogP contribution in [-0.4, -0.2) is 12.6 Å². The van der Waals surface area contributed by atoms with E-state index in [-0.39, 0.29) is 5.97 Å². The number of carbonyl (C=O) groups is 1. The summed E-state index contributed by atoms with van der Waals surface area (Å²) in [6.07, 6.45) is 0. The third-order valence-corrected chi connectivity index (χ3v) is 4.11. The minimum atomic E-state index is -0.302. The first-order valence-corrected chi connectivity index (χ1v) is 7.72. The van der Waals surface area contributed by atoms with Gasteiger partial charge < -0.3 is 10.1 Å². The number of rotatable bonds is 5. The van der Waals surface area contributed by atoms with Crippen LogP contribution in [0.25, 0.3) is 0 Å². The Hall–Kier alpha value is -1.52. The van der Waals surface area contributed by atoms with Crippen LogP contribution < -0.4 is 5.32 Å². The van der Waals surface area contributed by atoms with Crippen LogP contribution in [0.4, 0.5) is 5.69 Å². The summed E-state index contributed by atoms with van der Waals surface area (Å²) in [5.41, 5.74) is 2.56. The van der Waals surface area contributed by atoms with Crippen molar-refractivity contribution in [2.45, 2.75) is 13.5 Å². The van der Waals surface area contributed by atoms with Crippen molar-refractivity contribution < 1.29 is 9.53 Å². The Balaban J connectivity index is 1.97. The number of nitrogens with one attached hydrogen (secondary N) is 1. The van der Waals surface area contributed by atoms with E-state index in [1.54, 1.807) is 19.1 Å². The molecule has 0 spiro atoms. The van der Waals surface area contributed by atoms with Crippen LogP contribution in [-0.2, 0) is 11.3 Å². The van der Waals surface area contributed by atoms with Gasteiger partial charge in [-0.2, -0.15) is 0 Å². The number of halogens is 2. The van der Waals surface area contributed by atoms with Crippen molar-refractivity contribution in [2.75, 3.05) is 11.9 Å². The molecule has 0 heterocycles. The molecule has 0 bridgehead atoms. The largest absolute Gasteiger partial charge is 0.462 e. The highest BCUT2D eigenvalue weighted by molar-refractivity contribution is 9.10. The summed E-state index contributed by atoms with van der Waals surface area (Å²) in [5, 5.41) is 3.97. The fraction of sp³-hybridized carbons (Fsp3) is 0.188. The first-order valence-electron chi connectivity index (χ1n) is 6.55. The number of anilines is 1. The van der Waals surface area contributed by atoms with E-state index in [1.807, 2.05) is 30.3 Å². The summed E-state index contributed by atoms with van der Waals surface area (Å²) < 4.78 is 5.82. The van der Waals surface area contributed by atoms with Gasteiger partial charge in [0.05, 0.1) is 17.2 Å². The Labute approximate surface area is 137 Å². The highest BCUT2D eigenvalue weighted by atomic mass is 79.9. The number of carbonyl (C=O) groups excluding carboxylic acids is 1. The van der Waals surface area contributed by atoms with Crippen LogP contribution >= 0.6 is 27.5 Å². The van der Waals surface area contributed by atoms with Crippen LogP contribution in [0.2, 0.25) is 5.02 Å². The summed E-state index contributed by atoms with van der Waals surface area (Å²) in [7, 11) is 0. The zero-order valence-electron chi connectivity index (χ0n) is 11.5. The first-order chi connectivity index (χ1) is 10.1. The predicted molar refractivity (Wildman–Crippen MR) is 88.9 cm³/mol. The van der Waals surface area contributed by atoms with E-state index in [1.165, 1.54) is 0 Å². The fourth-order valence-corrected chi connectivity index (χ4v) is 2.24. The van der Waals surface area contributed by atoms with E-state index >= 15 is 0 Å². The van der Waals surface area contributed by atoms with Gasteiger partial charge in [-0.25, -0.2) is 4.79 Å². The highest BCUT2D eigenvalue weighted by Crippen LogP contribution is 2.23. The molecule has 2 aromatic carbocycles. The molecule has 2 aromatic rings. The van der Waals surface area contributed by atoms with Crippen molar-refractivity contribution in [3.8, 4) is 0 Å². The van der Waals surface area contributed by atoms with Crippen LogP contribution in [0, 0.1) is 0 Å². The van der Waals surface area contributed by atoms with E-state index in [2.05, 4.69) is 21.2 Å². The van der Waals surface area contributed by atoms with E-state index in [4.69, 9.17) is 16.3 Å². The third-order valence-electron chi connectivity index (χ3n) is 2.88. The summed E-state index contributed by atoms with van der Waals surface area (Å²) in [6.45, 7) is 2.83. The summed E-state index contributed by atoms with van der Waals surface area (Å²) in [4.78, 5) is 11.5. The Morgan fingerprint density at radius 1 is 1.24 bits per heavy atom. The van der Waals surface area contributed by atoms with E-state index in [0.717, 1.165) is 15.7 Å². The van der Waals surface area contributed by atoms with Crippen LogP contribution in [0.3, 0.4) is 0 Å². The zero-order valence-corrected chi connectivity index (χ0v) is 13.9. The number of hydrogen-bond donors (Lipinski definition) is 1. The van der Waals surface area contributed by atoms with Gasteiger partial charge in [0.25, 0.3) is 0 Å². The maximum Gasteiger partial charge on any atom is 0.338 e. The van der Waals surface area contributed by atoms with Gasteiger partial charge in [-0.3, -0.25) is 0 Å². The third kappa shape index (κ3) is 4.48. The summed E-state index contributed by atoms with van der Waals surface area (Å²) in [6, 6.07) is 13.0. The fourth-order valence-electron chi connectivity index (χ4n) is 1.79. The smallest absolute Gasteiger partial charge is 0.338 e. The molecule has 21 heavy (non-hydrogen) atoms. The molecule has 0 saturated carbocycles. The second kappa shape index (κ2) is 7.48. The number of esters is 1. The molecule has 0 radical (unpaired) electrons. The normalized spacial score (nSPS) is 10.2. The minimum Gasteiger partial charge on any atom is -0.462 e. The number of ether oxygens (including phenoxy) is 1. The highest BCUT2D eigenvalue weighted by Gasteiger charge is 2.05. The van der Waals surface area contributed by atoms with Crippen molar-refractivity contribution in [2.24, 2.45) is 0 Å². The Bertz CT molecular complexity index is 629. The average Bonchev–Trinajstić information content (AvgIpc) is 2.49. The quantitative estimate of drug-likeness (QED) is 0.764. The lowest BCUT2D eigenvalue weighted by Crippen LogP contribution is -2.05. The molecule has 0 unspecified atom stereocenters. The van der Waals surface area contributed by atoms with E-state index < -0.39 is 0 Å². The molecule has 2 rings (SSSR count). The van der Waals surface area contributed by atoms with Crippen molar-refractivity contribution in [3.05, 3.63) is 63.1 Å². The number of hydrogen-bond acceptors (Lipinski definition) is 3. The van der Waals surface area contributed by atoms with Gasteiger partial charge in [-0.05, 0) is 64.8 Å².